The molecule has 0 saturated heterocycles. The van der Waals surface area contributed by atoms with Gasteiger partial charge in [-0.25, -0.2) is 0 Å². The summed E-state index contributed by atoms with van der Waals surface area (Å²) in [6, 6.07) is 9.30. The molecule has 22 heavy (non-hydrogen) atoms. The average Bonchev–Trinajstić information content (AvgIpc) is 2.79. The van der Waals surface area contributed by atoms with Crippen LogP contribution in [-0.2, 0) is 11.8 Å². The summed E-state index contributed by atoms with van der Waals surface area (Å²) in [5.74, 6) is -0.0536. The normalized spacial score (nSPS) is 13.1. The van der Waals surface area contributed by atoms with Crippen LogP contribution in [0.25, 0.3) is 0 Å². The van der Waals surface area contributed by atoms with Crippen molar-refractivity contribution in [1.82, 2.24) is 15.1 Å². The Morgan fingerprint density at radius 1 is 1.36 bits per heavy atom. The molecule has 2 atom stereocenters. The van der Waals surface area contributed by atoms with E-state index in [1.165, 1.54) is 0 Å². The quantitative estimate of drug-likeness (QED) is 0.888. The summed E-state index contributed by atoms with van der Waals surface area (Å²) in [6.07, 6.45) is 2.06. The lowest BCUT2D eigenvalue weighted by atomic mass is 10.0. The number of carbonyl (C=O) groups is 1. The predicted octanol–water partition coefficient (Wildman–Crippen LogP) is 2.42. The van der Waals surface area contributed by atoms with E-state index in [9.17, 15) is 4.79 Å². The molecule has 6 heteroatoms. The molecule has 2 aromatic rings. The molecule has 2 unspecified atom stereocenters. The number of nitrogens with zero attached hydrogens (tertiary/aromatic N) is 2. The molecule has 0 bridgehead atoms. The van der Waals surface area contributed by atoms with Crippen LogP contribution in [0.4, 0.5) is 0 Å². The highest BCUT2D eigenvalue weighted by molar-refractivity contribution is 5.85. The zero-order valence-corrected chi connectivity index (χ0v) is 13.9. The van der Waals surface area contributed by atoms with Crippen molar-refractivity contribution in [1.29, 1.82) is 0 Å². The first-order chi connectivity index (χ1) is 9.99. The van der Waals surface area contributed by atoms with Gasteiger partial charge in [0.1, 0.15) is 0 Å². The Balaban J connectivity index is 0.00000242. The van der Waals surface area contributed by atoms with Gasteiger partial charge < -0.3 is 11.1 Å². The lowest BCUT2D eigenvalue weighted by molar-refractivity contribution is -0.122. The zero-order valence-electron chi connectivity index (χ0n) is 13.1. The maximum Gasteiger partial charge on any atom is 0.222 e. The summed E-state index contributed by atoms with van der Waals surface area (Å²) in [7, 11) is 1.89. The molecular weight excluding hydrogens is 300 g/mol. The summed E-state index contributed by atoms with van der Waals surface area (Å²) in [5.41, 5.74) is 9.12. The lowest BCUT2D eigenvalue weighted by Crippen LogP contribution is -2.30. The number of aryl methyl sites for hydroxylation is 1. The third-order valence-electron chi connectivity index (χ3n) is 3.75. The fourth-order valence-electron chi connectivity index (χ4n) is 2.34. The van der Waals surface area contributed by atoms with E-state index in [4.69, 9.17) is 5.73 Å². The first kappa shape index (κ1) is 18.2. The van der Waals surface area contributed by atoms with Gasteiger partial charge in [-0.15, -0.1) is 12.4 Å². The number of rotatable bonds is 5. The van der Waals surface area contributed by atoms with Crippen molar-refractivity contribution in [2.24, 2.45) is 12.8 Å². The molecule has 0 spiro atoms. The minimum atomic E-state index is -0.284. The van der Waals surface area contributed by atoms with Crippen molar-refractivity contribution in [3.63, 3.8) is 0 Å². The fraction of sp³-hybridized carbons (Fsp3) is 0.375. The molecule has 1 aromatic heterocycles. The second-order valence-corrected chi connectivity index (χ2v) is 5.32. The van der Waals surface area contributed by atoms with Crippen molar-refractivity contribution >= 4 is 18.3 Å². The van der Waals surface area contributed by atoms with Gasteiger partial charge in [-0.1, -0.05) is 30.3 Å². The monoisotopic (exact) mass is 322 g/mol. The Morgan fingerprint density at radius 2 is 2.00 bits per heavy atom. The van der Waals surface area contributed by atoms with Crippen LogP contribution >= 0.6 is 12.4 Å². The molecule has 1 amide bonds. The second-order valence-electron chi connectivity index (χ2n) is 5.32. The molecule has 2 rings (SSSR count). The third kappa shape index (κ3) is 4.32. The maximum absolute atomic E-state index is 12.1. The minimum Gasteiger partial charge on any atom is -0.349 e. The van der Waals surface area contributed by atoms with Gasteiger partial charge in [0.25, 0.3) is 0 Å². The highest BCUT2D eigenvalue weighted by Gasteiger charge is 2.17. The predicted molar refractivity (Wildman–Crippen MR) is 89.7 cm³/mol. The summed E-state index contributed by atoms with van der Waals surface area (Å²) in [6.45, 7) is 3.94. The third-order valence-corrected chi connectivity index (χ3v) is 3.75. The van der Waals surface area contributed by atoms with E-state index in [1.54, 1.807) is 10.9 Å². The second kappa shape index (κ2) is 7.96. The number of aromatic nitrogens is 2. The number of amides is 1. The zero-order chi connectivity index (χ0) is 15.4. The van der Waals surface area contributed by atoms with Gasteiger partial charge in [-0.2, -0.15) is 5.10 Å². The number of hydrogen-bond donors (Lipinski definition) is 2. The van der Waals surface area contributed by atoms with Gasteiger partial charge in [0.2, 0.25) is 5.91 Å². The van der Waals surface area contributed by atoms with E-state index in [2.05, 4.69) is 10.4 Å². The maximum atomic E-state index is 12.1. The summed E-state index contributed by atoms with van der Waals surface area (Å²) in [4.78, 5) is 12.1. The van der Waals surface area contributed by atoms with Gasteiger partial charge in [0.15, 0.2) is 0 Å². The van der Waals surface area contributed by atoms with Crippen molar-refractivity contribution < 1.29 is 4.79 Å². The fourth-order valence-corrected chi connectivity index (χ4v) is 2.34. The van der Waals surface area contributed by atoms with Crippen LogP contribution in [0.2, 0.25) is 0 Å². The molecule has 0 saturated carbocycles. The Kier molecular flexibility index (Phi) is 6.59. The van der Waals surface area contributed by atoms with E-state index in [0.29, 0.717) is 0 Å². The standard InChI is InChI=1S/C16H22N4O.ClH/c1-11(14-10-18-20(3)12(14)2)19-16(21)9-15(17)13-7-5-4-6-8-13;/h4-8,10-11,15H,9,17H2,1-3H3,(H,19,21);1H. The summed E-state index contributed by atoms with van der Waals surface area (Å²) >= 11 is 0. The number of carbonyl (C=O) groups excluding carboxylic acids is 1. The van der Waals surface area contributed by atoms with Gasteiger partial charge in [-0.05, 0) is 19.4 Å². The molecule has 0 aliphatic heterocycles. The first-order valence-corrected chi connectivity index (χ1v) is 7.07. The molecule has 3 N–H and O–H groups in total. The van der Waals surface area contributed by atoms with Crippen molar-refractivity contribution in [3.8, 4) is 0 Å². The molecule has 0 radical (unpaired) electrons. The van der Waals surface area contributed by atoms with E-state index in [1.807, 2.05) is 51.2 Å². The Hall–Kier alpha value is -1.85. The van der Waals surface area contributed by atoms with Gasteiger partial charge in [0.05, 0.1) is 12.2 Å². The molecular formula is C16H23ClN4O. The Labute approximate surface area is 137 Å². The van der Waals surface area contributed by atoms with Crippen LogP contribution < -0.4 is 11.1 Å². The SMILES string of the molecule is Cc1c(C(C)NC(=O)CC(N)c2ccccc2)cnn1C.Cl. The van der Waals surface area contributed by atoms with Gasteiger partial charge >= 0.3 is 0 Å². The van der Waals surface area contributed by atoms with Gasteiger partial charge in [-0.3, -0.25) is 9.48 Å². The Morgan fingerprint density at radius 3 is 2.55 bits per heavy atom. The van der Waals surface area contributed by atoms with Crippen LogP contribution in [-0.4, -0.2) is 15.7 Å². The minimum absolute atomic E-state index is 0. The lowest BCUT2D eigenvalue weighted by Gasteiger charge is -2.16. The van der Waals surface area contributed by atoms with Crippen LogP contribution in [0.3, 0.4) is 0 Å². The van der Waals surface area contributed by atoms with Crippen LogP contribution in [0, 0.1) is 6.92 Å². The van der Waals surface area contributed by atoms with Gasteiger partial charge in [0, 0.05) is 30.8 Å². The van der Waals surface area contributed by atoms with Crippen molar-refractivity contribution in [3.05, 3.63) is 53.3 Å². The van der Waals surface area contributed by atoms with Crippen LogP contribution in [0.15, 0.2) is 36.5 Å². The highest BCUT2D eigenvalue weighted by atomic mass is 35.5. The van der Waals surface area contributed by atoms with E-state index in [-0.39, 0.29) is 36.8 Å². The van der Waals surface area contributed by atoms with E-state index in [0.717, 1.165) is 16.8 Å². The summed E-state index contributed by atoms with van der Waals surface area (Å²) in [5, 5.41) is 7.17. The smallest absolute Gasteiger partial charge is 0.222 e. The van der Waals surface area contributed by atoms with Crippen LogP contribution in [0.5, 0.6) is 0 Å². The molecule has 5 nitrogen and oxygen atoms in total. The topological polar surface area (TPSA) is 72.9 Å². The van der Waals surface area contributed by atoms with E-state index < -0.39 is 0 Å². The average molecular weight is 323 g/mol. The molecule has 0 aliphatic carbocycles. The Bertz CT molecular complexity index is 612. The first-order valence-electron chi connectivity index (χ1n) is 7.07. The van der Waals surface area contributed by atoms with Crippen LogP contribution in [0.1, 0.15) is 42.2 Å². The molecule has 0 fully saturated rings. The number of nitrogens with two attached hydrogens (primary N) is 1. The number of hydrogen-bond acceptors (Lipinski definition) is 3. The molecule has 1 aromatic carbocycles. The number of nitrogens with one attached hydrogen (secondary N) is 1. The molecule has 0 aliphatic rings. The number of benzene rings is 1. The van der Waals surface area contributed by atoms with Crippen molar-refractivity contribution in [2.45, 2.75) is 32.4 Å². The molecule has 120 valence electrons. The van der Waals surface area contributed by atoms with E-state index >= 15 is 0 Å². The summed E-state index contributed by atoms with van der Waals surface area (Å²) < 4.78 is 1.80. The highest BCUT2D eigenvalue weighted by Crippen LogP contribution is 2.18. The molecule has 1 heterocycles. The largest absolute Gasteiger partial charge is 0.349 e. The van der Waals surface area contributed by atoms with Crippen molar-refractivity contribution in [2.75, 3.05) is 0 Å². The number of halogens is 1.